The van der Waals surface area contributed by atoms with Gasteiger partial charge in [-0.15, -0.1) is 0 Å². The summed E-state index contributed by atoms with van der Waals surface area (Å²) in [6, 6.07) is 18.0. The predicted molar refractivity (Wildman–Crippen MR) is 115 cm³/mol. The van der Waals surface area contributed by atoms with Gasteiger partial charge in [-0.25, -0.2) is 0 Å². The van der Waals surface area contributed by atoms with E-state index in [1.54, 1.807) is 0 Å². The van der Waals surface area contributed by atoms with E-state index in [2.05, 4.69) is 21.9 Å². The molecule has 2 aliphatic rings. The number of likely N-dealkylation sites (tertiary alicyclic amines) is 1. The van der Waals surface area contributed by atoms with E-state index in [1.165, 1.54) is 5.56 Å². The predicted octanol–water partition coefficient (Wildman–Crippen LogP) is 2.86. The Morgan fingerprint density at radius 2 is 1.69 bits per heavy atom. The SMILES string of the molecule is NC(=O)C1c2ccccc2CCN1CCN1CCC(COc2ccccc2)CC1. The quantitative estimate of drug-likeness (QED) is 0.786. The van der Waals surface area contributed by atoms with Crippen molar-refractivity contribution in [2.24, 2.45) is 11.7 Å². The molecular formula is C24H31N3O2. The van der Waals surface area contributed by atoms with Crippen molar-refractivity contribution in [1.29, 1.82) is 0 Å². The molecule has 2 aromatic rings. The first-order valence-corrected chi connectivity index (χ1v) is 10.7. The van der Waals surface area contributed by atoms with Gasteiger partial charge in [-0.05, 0) is 61.5 Å². The van der Waals surface area contributed by atoms with Gasteiger partial charge >= 0.3 is 0 Å². The maximum Gasteiger partial charge on any atom is 0.239 e. The molecule has 1 fully saturated rings. The molecule has 1 amide bonds. The van der Waals surface area contributed by atoms with Gasteiger partial charge in [0.1, 0.15) is 11.8 Å². The molecule has 0 bridgehead atoms. The van der Waals surface area contributed by atoms with E-state index in [0.717, 1.165) is 69.9 Å². The Kier molecular flexibility index (Phi) is 6.47. The number of ether oxygens (including phenoxy) is 1. The lowest BCUT2D eigenvalue weighted by Gasteiger charge is -2.38. The molecule has 1 atom stereocenters. The normalized spacial score (nSPS) is 20.9. The van der Waals surface area contributed by atoms with E-state index in [-0.39, 0.29) is 11.9 Å². The molecule has 154 valence electrons. The van der Waals surface area contributed by atoms with E-state index in [0.29, 0.717) is 5.92 Å². The summed E-state index contributed by atoms with van der Waals surface area (Å²) in [7, 11) is 0. The van der Waals surface area contributed by atoms with Crippen molar-refractivity contribution in [3.63, 3.8) is 0 Å². The molecule has 0 saturated carbocycles. The van der Waals surface area contributed by atoms with Crippen molar-refractivity contribution in [2.75, 3.05) is 39.3 Å². The Balaban J connectivity index is 1.24. The molecule has 5 heteroatoms. The molecule has 0 aliphatic carbocycles. The van der Waals surface area contributed by atoms with Crippen LogP contribution in [-0.4, -0.2) is 55.0 Å². The second kappa shape index (κ2) is 9.42. The van der Waals surface area contributed by atoms with Crippen LogP contribution < -0.4 is 10.5 Å². The monoisotopic (exact) mass is 393 g/mol. The molecule has 5 nitrogen and oxygen atoms in total. The minimum absolute atomic E-state index is 0.242. The van der Waals surface area contributed by atoms with Gasteiger partial charge in [-0.3, -0.25) is 9.69 Å². The van der Waals surface area contributed by atoms with Crippen LogP contribution in [0.4, 0.5) is 0 Å². The molecule has 2 aliphatic heterocycles. The average Bonchev–Trinajstić information content (AvgIpc) is 2.77. The number of benzene rings is 2. The topological polar surface area (TPSA) is 58.8 Å². The molecule has 2 aromatic carbocycles. The highest BCUT2D eigenvalue weighted by atomic mass is 16.5. The number of piperidine rings is 1. The number of carbonyl (C=O) groups excluding carboxylic acids is 1. The molecule has 29 heavy (non-hydrogen) atoms. The fourth-order valence-electron chi connectivity index (χ4n) is 4.57. The van der Waals surface area contributed by atoms with Crippen LogP contribution in [0.2, 0.25) is 0 Å². The summed E-state index contributed by atoms with van der Waals surface area (Å²) >= 11 is 0. The fraction of sp³-hybridized carbons (Fsp3) is 0.458. The van der Waals surface area contributed by atoms with Gasteiger partial charge in [-0.1, -0.05) is 42.5 Å². The number of hydrogen-bond donors (Lipinski definition) is 1. The molecular weight excluding hydrogens is 362 g/mol. The van der Waals surface area contributed by atoms with Crippen molar-refractivity contribution in [3.8, 4) is 5.75 Å². The van der Waals surface area contributed by atoms with Crippen LogP contribution in [0.3, 0.4) is 0 Å². The largest absolute Gasteiger partial charge is 0.493 e. The molecule has 2 heterocycles. The zero-order valence-corrected chi connectivity index (χ0v) is 17.0. The second-order valence-corrected chi connectivity index (χ2v) is 8.20. The number of nitrogens with two attached hydrogens (primary N) is 1. The van der Waals surface area contributed by atoms with Crippen molar-refractivity contribution < 1.29 is 9.53 Å². The lowest BCUT2D eigenvalue weighted by Crippen LogP contribution is -2.46. The summed E-state index contributed by atoms with van der Waals surface area (Å²) in [6.45, 7) is 5.74. The minimum atomic E-state index is -0.295. The van der Waals surface area contributed by atoms with Crippen molar-refractivity contribution >= 4 is 5.91 Å². The Morgan fingerprint density at radius 3 is 2.45 bits per heavy atom. The van der Waals surface area contributed by atoms with E-state index < -0.39 is 0 Å². The first kappa shape index (κ1) is 19.9. The van der Waals surface area contributed by atoms with Gasteiger partial charge in [0.15, 0.2) is 0 Å². The minimum Gasteiger partial charge on any atom is -0.493 e. The third kappa shape index (κ3) is 4.98. The summed E-state index contributed by atoms with van der Waals surface area (Å²) in [6.07, 6.45) is 3.31. The maximum atomic E-state index is 12.2. The zero-order chi connectivity index (χ0) is 20.1. The molecule has 0 spiro atoms. The van der Waals surface area contributed by atoms with Crippen LogP contribution >= 0.6 is 0 Å². The van der Waals surface area contributed by atoms with Gasteiger partial charge in [0, 0.05) is 19.6 Å². The zero-order valence-electron chi connectivity index (χ0n) is 17.0. The summed E-state index contributed by atoms with van der Waals surface area (Å²) in [5.74, 6) is 1.33. The molecule has 0 aromatic heterocycles. The van der Waals surface area contributed by atoms with Crippen LogP contribution in [0.5, 0.6) is 5.75 Å². The van der Waals surface area contributed by atoms with Crippen molar-refractivity contribution in [2.45, 2.75) is 25.3 Å². The summed E-state index contributed by atoms with van der Waals surface area (Å²) < 4.78 is 5.93. The number of amides is 1. The van der Waals surface area contributed by atoms with Gasteiger partial charge in [0.05, 0.1) is 6.61 Å². The molecule has 1 unspecified atom stereocenters. The summed E-state index contributed by atoms with van der Waals surface area (Å²) in [4.78, 5) is 16.9. The molecule has 4 rings (SSSR count). The second-order valence-electron chi connectivity index (χ2n) is 8.20. The number of primary amides is 1. The van der Waals surface area contributed by atoms with E-state index >= 15 is 0 Å². The van der Waals surface area contributed by atoms with E-state index in [9.17, 15) is 4.79 Å². The standard InChI is InChI=1S/C24H31N3O2/c25-24(28)23-22-9-5-4-6-20(22)12-15-27(23)17-16-26-13-10-19(11-14-26)18-29-21-7-2-1-3-8-21/h1-9,19,23H,10-18H2,(H2,25,28). The maximum absolute atomic E-state index is 12.2. The number of carbonyl (C=O) groups is 1. The lowest BCUT2D eigenvalue weighted by atomic mass is 9.92. The van der Waals surface area contributed by atoms with Crippen molar-refractivity contribution in [3.05, 3.63) is 65.7 Å². The molecule has 2 N–H and O–H groups in total. The lowest BCUT2D eigenvalue weighted by molar-refractivity contribution is -0.124. The van der Waals surface area contributed by atoms with Crippen LogP contribution in [0.15, 0.2) is 54.6 Å². The van der Waals surface area contributed by atoms with Crippen molar-refractivity contribution in [1.82, 2.24) is 9.80 Å². The Labute approximate surface area is 173 Å². The Morgan fingerprint density at radius 1 is 0.966 bits per heavy atom. The summed E-state index contributed by atoms with van der Waals surface area (Å²) in [5.41, 5.74) is 8.11. The van der Waals surface area contributed by atoms with Crippen LogP contribution in [0.1, 0.15) is 30.0 Å². The first-order chi connectivity index (χ1) is 14.2. The summed E-state index contributed by atoms with van der Waals surface area (Å²) in [5, 5.41) is 0. The highest BCUT2D eigenvalue weighted by molar-refractivity contribution is 5.82. The average molecular weight is 394 g/mol. The molecule has 0 radical (unpaired) electrons. The smallest absolute Gasteiger partial charge is 0.239 e. The van der Waals surface area contributed by atoms with Crippen LogP contribution in [0, 0.1) is 5.92 Å². The van der Waals surface area contributed by atoms with E-state index in [1.807, 2.05) is 42.5 Å². The molecule has 1 saturated heterocycles. The van der Waals surface area contributed by atoms with Gasteiger partial charge in [0.25, 0.3) is 0 Å². The highest BCUT2D eigenvalue weighted by Crippen LogP contribution is 2.29. The van der Waals surface area contributed by atoms with Gasteiger partial charge in [0.2, 0.25) is 5.91 Å². The van der Waals surface area contributed by atoms with Crippen LogP contribution in [0.25, 0.3) is 0 Å². The third-order valence-electron chi connectivity index (χ3n) is 6.29. The number of para-hydroxylation sites is 1. The third-order valence-corrected chi connectivity index (χ3v) is 6.29. The number of nitrogens with zero attached hydrogens (tertiary/aromatic N) is 2. The van der Waals surface area contributed by atoms with E-state index in [4.69, 9.17) is 10.5 Å². The van der Waals surface area contributed by atoms with Crippen LogP contribution in [-0.2, 0) is 11.2 Å². The van der Waals surface area contributed by atoms with Gasteiger partial charge in [-0.2, -0.15) is 0 Å². The highest BCUT2D eigenvalue weighted by Gasteiger charge is 2.31. The Bertz CT molecular complexity index is 803. The number of hydrogen-bond acceptors (Lipinski definition) is 4. The Hall–Kier alpha value is -2.37. The number of fused-ring (bicyclic) bond motifs is 1. The fourth-order valence-corrected chi connectivity index (χ4v) is 4.57. The number of rotatable bonds is 7. The first-order valence-electron chi connectivity index (χ1n) is 10.7. The van der Waals surface area contributed by atoms with Gasteiger partial charge < -0.3 is 15.4 Å².